The average Bonchev–Trinajstić information content (AvgIpc) is 2.40. The molecule has 0 heterocycles. The van der Waals surface area contributed by atoms with Gasteiger partial charge in [-0.05, 0) is 64.5 Å². The molecule has 0 aromatic heterocycles. The number of benzene rings is 1. The molecule has 1 aromatic carbocycles. The first-order valence-corrected chi connectivity index (χ1v) is 7.74. The maximum atomic E-state index is 13.0. The van der Waals surface area contributed by atoms with Crippen molar-refractivity contribution in [3.05, 3.63) is 34.9 Å². The summed E-state index contributed by atoms with van der Waals surface area (Å²) in [5.74, 6) is 0.883. The van der Waals surface area contributed by atoms with Gasteiger partial charge in [0.15, 0.2) is 5.78 Å². The first-order valence-electron chi connectivity index (χ1n) is 7.74. The Morgan fingerprint density at radius 1 is 1.20 bits per heavy atom. The smallest absolute Gasteiger partial charge is 0.194 e. The highest BCUT2D eigenvalue weighted by atomic mass is 16.5. The Morgan fingerprint density at radius 3 is 2.25 bits per heavy atom. The minimum atomic E-state index is -0.582. The van der Waals surface area contributed by atoms with Crippen LogP contribution in [0.25, 0.3) is 0 Å². The highest BCUT2D eigenvalue weighted by Gasteiger charge is 2.42. The van der Waals surface area contributed by atoms with Crippen molar-refractivity contribution < 1.29 is 9.53 Å². The van der Waals surface area contributed by atoms with Crippen LogP contribution >= 0.6 is 0 Å². The lowest BCUT2D eigenvalue weighted by Crippen LogP contribution is -2.44. The van der Waals surface area contributed by atoms with E-state index in [1.807, 2.05) is 32.9 Å². The normalized spacial score (nSPS) is 26.5. The number of hydrogen-bond acceptors (Lipinski definition) is 2. The predicted molar refractivity (Wildman–Crippen MR) is 82.2 cm³/mol. The van der Waals surface area contributed by atoms with Crippen molar-refractivity contribution in [2.45, 2.75) is 59.0 Å². The van der Waals surface area contributed by atoms with Crippen molar-refractivity contribution >= 4 is 5.78 Å². The predicted octanol–water partition coefficient (Wildman–Crippen LogP) is 4.47. The molecule has 1 aromatic rings. The van der Waals surface area contributed by atoms with E-state index >= 15 is 0 Å². The molecule has 20 heavy (non-hydrogen) atoms. The van der Waals surface area contributed by atoms with E-state index in [1.165, 1.54) is 0 Å². The minimum absolute atomic E-state index is 0.179. The number of rotatable bonds is 4. The summed E-state index contributed by atoms with van der Waals surface area (Å²) in [5.41, 5.74) is 2.51. The van der Waals surface area contributed by atoms with Crippen molar-refractivity contribution in [2.24, 2.45) is 5.92 Å². The van der Waals surface area contributed by atoms with Crippen LogP contribution in [-0.4, -0.2) is 18.0 Å². The van der Waals surface area contributed by atoms with Gasteiger partial charge in [0, 0.05) is 12.2 Å². The number of hydrogen-bond donors (Lipinski definition) is 0. The molecular formula is C18H26O2. The number of ether oxygens (including phenoxy) is 1. The van der Waals surface area contributed by atoms with Gasteiger partial charge in [-0.2, -0.15) is 0 Å². The molecule has 0 atom stereocenters. The molecule has 0 aliphatic heterocycles. The molecule has 1 saturated carbocycles. The van der Waals surface area contributed by atoms with E-state index in [0.29, 0.717) is 12.5 Å². The van der Waals surface area contributed by atoms with E-state index in [0.717, 1.165) is 42.4 Å². The molecule has 0 spiro atoms. The second-order valence-corrected chi connectivity index (χ2v) is 6.32. The summed E-state index contributed by atoms with van der Waals surface area (Å²) in [6.45, 7) is 8.93. The zero-order valence-electron chi connectivity index (χ0n) is 13.2. The Morgan fingerprint density at radius 2 is 1.75 bits per heavy atom. The largest absolute Gasteiger partial charge is 0.367 e. The third-order valence-electron chi connectivity index (χ3n) is 4.40. The summed E-state index contributed by atoms with van der Waals surface area (Å²) >= 11 is 0. The summed E-state index contributed by atoms with van der Waals surface area (Å²) in [5, 5.41) is 0. The molecule has 1 aliphatic carbocycles. The molecule has 2 nitrogen and oxygen atoms in total. The third-order valence-corrected chi connectivity index (χ3v) is 4.40. The summed E-state index contributed by atoms with van der Waals surface area (Å²) in [4.78, 5) is 13.0. The molecule has 1 aliphatic rings. The number of Topliss-reactive ketones (excluding diaryl/α,β-unsaturated/α-hetero) is 1. The third kappa shape index (κ3) is 3.12. The van der Waals surface area contributed by atoms with Gasteiger partial charge in [0.05, 0.1) is 0 Å². The zero-order chi connectivity index (χ0) is 14.8. The van der Waals surface area contributed by atoms with Crippen LogP contribution in [0, 0.1) is 19.8 Å². The van der Waals surface area contributed by atoms with E-state index in [-0.39, 0.29) is 5.78 Å². The van der Waals surface area contributed by atoms with Gasteiger partial charge in [-0.1, -0.05) is 24.1 Å². The summed E-state index contributed by atoms with van der Waals surface area (Å²) in [6, 6.07) is 6.09. The maximum Gasteiger partial charge on any atom is 0.194 e. The van der Waals surface area contributed by atoms with Gasteiger partial charge in [-0.3, -0.25) is 4.79 Å². The molecule has 0 bridgehead atoms. The van der Waals surface area contributed by atoms with Crippen LogP contribution in [0.5, 0.6) is 0 Å². The maximum absolute atomic E-state index is 13.0. The van der Waals surface area contributed by atoms with Crippen LogP contribution in [0.1, 0.15) is 61.0 Å². The van der Waals surface area contributed by atoms with Gasteiger partial charge in [-0.15, -0.1) is 0 Å². The summed E-state index contributed by atoms with van der Waals surface area (Å²) in [6.07, 6.45) is 3.87. The van der Waals surface area contributed by atoms with Crippen LogP contribution in [-0.2, 0) is 4.74 Å². The van der Waals surface area contributed by atoms with Gasteiger partial charge in [-0.25, -0.2) is 0 Å². The molecule has 2 rings (SSSR count). The molecule has 2 heteroatoms. The van der Waals surface area contributed by atoms with Crippen molar-refractivity contribution in [2.75, 3.05) is 6.61 Å². The van der Waals surface area contributed by atoms with Gasteiger partial charge < -0.3 is 4.74 Å². The molecule has 0 amide bonds. The van der Waals surface area contributed by atoms with Crippen LogP contribution in [0.15, 0.2) is 18.2 Å². The highest BCUT2D eigenvalue weighted by Crippen LogP contribution is 2.37. The van der Waals surface area contributed by atoms with Crippen molar-refractivity contribution in [3.63, 3.8) is 0 Å². The summed E-state index contributed by atoms with van der Waals surface area (Å²) in [7, 11) is 0. The standard InChI is InChI=1S/C18H26O2/c1-5-20-18(8-6-13(2)7-9-18)17(19)16-11-14(3)10-15(4)12-16/h10-13H,5-9H2,1-4H3. The Bertz CT molecular complexity index is 462. The fourth-order valence-electron chi connectivity index (χ4n) is 3.31. The van der Waals surface area contributed by atoms with Crippen molar-refractivity contribution in [1.29, 1.82) is 0 Å². The molecule has 0 unspecified atom stereocenters. The second-order valence-electron chi connectivity index (χ2n) is 6.32. The highest BCUT2D eigenvalue weighted by molar-refractivity contribution is 6.02. The monoisotopic (exact) mass is 274 g/mol. The van der Waals surface area contributed by atoms with E-state index in [1.54, 1.807) is 0 Å². The number of carbonyl (C=O) groups is 1. The molecule has 0 radical (unpaired) electrons. The lowest BCUT2D eigenvalue weighted by Gasteiger charge is -2.38. The van der Waals surface area contributed by atoms with E-state index in [4.69, 9.17) is 4.74 Å². The van der Waals surface area contributed by atoms with Gasteiger partial charge >= 0.3 is 0 Å². The molecule has 110 valence electrons. The lowest BCUT2D eigenvalue weighted by molar-refractivity contribution is -0.0474. The second kappa shape index (κ2) is 6.09. The van der Waals surface area contributed by atoms with E-state index in [9.17, 15) is 4.79 Å². The number of ketones is 1. The van der Waals surface area contributed by atoms with Gasteiger partial charge in [0.2, 0.25) is 0 Å². The quantitative estimate of drug-likeness (QED) is 0.757. The zero-order valence-corrected chi connectivity index (χ0v) is 13.2. The van der Waals surface area contributed by atoms with Crippen LogP contribution in [0.3, 0.4) is 0 Å². The Balaban J connectivity index is 2.31. The van der Waals surface area contributed by atoms with Gasteiger partial charge in [0.25, 0.3) is 0 Å². The Kier molecular flexibility index (Phi) is 4.64. The SMILES string of the molecule is CCOC1(C(=O)c2cc(C)cc(C)c2)CCC(C)CC1. The van der Waals surface area contributed by atoms with Crippen LogP contribution < -0.4 is 0 Å². The molecule has 0 saturated heterocycles. The molecule has 0 N–H and O–H groups in total. The average molecular weight is 274 g/mol. The Labute approximate surface area is 122 Å². The fraction of sp³-hybridized carbons (Fsp3) is 0.611. The van der Waals surface area contributed by atoms with Gasteiger partial charge in [0.1, 0.15) is 5.60 Å². The Hall–Kier alpha value is -1.15. The van der Waals surface area contributed by atoms with Crippen LogP contribution in [0.4, 0.5) is 0 Å². The topological polar surface area (TPSA) is 26.3 Å². The minimum Gasteiger partial charge on any atom is -0.367 e. The van der Waals surface area contributed by atoms with E-state index in [2.05, 4.69) is 13.0 Å². The first-order chi connectivity index (χ1) is 9.47. The lowest BCUT2D eigenvalue weighted by atomic mass is 9.75. The molecule has 1 fully saturated rings. The van der Waals surface area contributed by atoms with Crippen LogP contribution in [0.2, 0.25) is 0 Å². The number of carbonyl (C=O) groups excluding carboxylic acids is 1. The van der Waals surface area contributed by atoms with E-state index < -0.39 is 5.60 Å². The first kappa shape index (κ1) is 15.2. The fourth-order valence-corrected chi connectivity index (χ4v) is 3.31. The van der Waals surface area contributed by atoms with Crippen molar-refractivity contribution in [3.8, 4) is 0 Å². The molecular weight excluding hydrogens is 248 g/mol. The van der Waals surface area contributed by atoms with Crippen molar-refractivity contribution in [1.82, 2.24) is 0 Å². The number of aryl methyl sites for hydroxylation is 2. The summed E-state index contributed by atoms with van der Waals surface area (Å²) < 4.78 is 5.97.